The second-order valence-corrected chi connectivity index (χ2v) is 6.60. The van der Waals surface area contributed by atoms with Gasteiger partial charge in [0, 0.05) is 11.4 Å². The molecule has 0 aromatic carbocycles. The predicted molar refractivity (Wildman–Crippen MR) is 84.0 cm³/mol. The van der Waals surface area contributed by atoms with E-state index in [4.69, 9.17) is 5.73 Å². The fourth-order valence-electron chi connectivity index (χ4n) is 2.26. The second-order valence-electron chi connectivity index (χ2n) is 5.40. The molecule has 0 aliphatic heterocycles. The summed E-state index contributed by atoms with van der Waals surface area (Å²) < 4.78 is 0. The Morgan fingerprint density at radius 3 is 2.55 bits per heavy atom. The molecule has 0 saturated carbocycles. The molecule has 2 heterocycles. The van der Waals surface area contributed by atoms with E-state index in [1.54, 1.807) is 18.3 Å². The van der Waals surface area contributed by atoms with Gasteiger partial charge >= 0.3 is 0 Å². The van der Waals surface area contributed by atoms with E-state index in [0.29, 0.717) is 18.2 Å². The molecular formula is C14H22N4OS. The van der Waals surface area contributed by atoms with E-state index in [2.05, 4.69) is 23.8 Å². The summed E-state index contributed by atoms with van der Waals surface area (Å²) in [6, 6.07) is 0.0130. The summed E-state index contributed by atoms with van der Waals surface area (Å²) in [4.78, 5) is 13.3. The molecular weight excluding hydrogens is 272 g/mol. The van der Waals surface area contributed by atoms with Crippen molar-refractivity contribution in [2.75, 3.05) is 19.3 Å². The third-order valence-corrected chi connectivity index (χ3v) is 4.76. The van der Waals surface area contributed by atoms with E-state index in [1.165, 1.54) is 10.4 Å². The Bertz CT molecular complexity index is 623. The molecule has 0 saturated heterocycles. The van der Waals surface area contributed by atoms with Crippen LogP contribution in [0.2, 0.25) is 0 Å². The number of hydrogen-bond donors (Lipinski definition) is 2. The Labute approximate surface area is 123 Å². The van der Waals surface area contributed by atoms with Gasteiger partial charge in [-0.15, -0.1) is 11.3 Å². The summed E-state index contributed by atoms with van der Waals surface area (Å²) in [6.45, 7) is 8.50. The molecule has 0 radical (unpaired) electrons. The minimum Gasteiger partial charge on any atom is -0.392 e. The Morgan fingerprint density at radius 2 is 1.95 bits per heavy atom. The molecule has 110 valence electrons. The van der Waals surface area contributed by atoms with Crippen molar-refractivity contribution in [2.24, 2.45) is 0 Å². The van der Waals surface area contributed by atoms with Gasteiger partial charge in [0.25, 0.3) is 0 Å². The molecule has 2 atom stereocenters. The number of likely N-dealkylation sites (N-methyl/N-ethyl adjacent to an activating group) is 1. The molecule has 2 unspecified atom stereocenters. The average molecular weight is 294 g/mol. The lowest BCUT2D eigenvalue weighted by Gasteiger charge is -2.24. The zero-order valence-corrected chi connectivity index (χ0v) is 13.5. The van der Waals surface area contributed by atoms with Crippen molar-refractivity contribution in [2.45, 2.75) is 39.8 Å². The molecule has 2 aromatic heterocycles. The lowest BCUT2D eigenvalue weighted by molar-refractivity contribution is 0.119. The molecule has 0 amide bonds. The fourth-order valence-corrected chi connectivity index (χ4v) is 3.30. The molecule has 5 nitrogen and oxygen atoms in total. The van der Waals surface area contributed by atoms with Crippen LogP contribution >= 0.6 is 11.3 Å². The predicted octanol–water partition coefficient (Wildman–Crippen LogP) is 2.26. The molecule has 6 heteroatoms. The van der Waals surface area contributed by atoms with Gasteiger partial charge in [0.1, 0.15) is 16.5 Å². The van der Waals surface area contributed by atoms with E-state index in [1.807, 2.05) is 18.9 Å². The lowest BCUT2D eigenvalue weighted by Crippen LogP contribution is -2.30. The number of nitrogens with two attached hydrogens (primary N) is 1. The van der Waals surface area contributed by atoms with Crippen molar-refractivity contribution >= 4 is 27.4 Å². The second kappa shape index (κ2) is 5.63. The normalized spacial score (nSPS) is 14.9. The minimum absolute atomic E-state index is 0.0130. The Kier molecular flexibility index (Phi) is 4.27. The van der Waals surface area contributed by atoms with Crippen LogP contribution < -0.4 is 5.73 Å². The number of aliphatic hydroxyl groups excluding tert-OH is 1. The van der Waals surface area contributed by atoms with Crippen LogP contribution in [0.1, 0.15) is 36.2 Å². The number of aryl methyl sites for hydroxylation is 2. The third-order valence-electron chi connectivity index (χ3n) is 3.66. The molecule has 3 N–H and O–H groups in total. The summed E-state index contributed by atoms with van der Waals surface area (Å²) in [5.74, 6) is 1.25. The van der Waals surface area contributed by atoms with Crippen LogP contribution in [-0.4, -0.2) is 39.7 Å². The summed E-state index contributed by atoms with van der Waals surface area (Å²) in [6.07, 6.45) is -0.380. The van der Waals surface area contributed by atoms with E-state index < -0.39 is 0 Å². The summed E-state index contributed by atoms with van der Waals surface area (Å²) in [7, 11) is 1.95. The van der Waals surface area contributed by atoms with E-state index in [-0.39, 0.29) is 12.1 Å². The molecule has 0 spiro atoms. The summed E-state index contributed by atoms with van der Waals surface area (Å²) >= 11 is 1.65. The van der Waals surface area contributed by atoms with Crippen molar-refractivity contribution < 1.29 is 5.11 Å². The van der Waals surface area contributed by atoms with E-state index in [0.717, 1.165) is 10.2 Å². The van der Waals surface area contributed by atoms with Crippen molar-refractivity contribution in [3.05, 3.63) is 16.3 Å². The maximum Gasteiger partial charge on any atom is 0.149 e. The first kappa shape index (κ1) is 15.2. The quantitative estimate of drug-likeness (QED) is 0.904. The van der Waals surface area contributed by atoms with Crippen molar-refractivity contribution in [1.29, 1.82) is 0 Å². The number of aliphatic hydroxyl groups is 1. The van der Waals surface area contributed by atoms with Gasteiger partial charge in [-0.05, 0) is 40.3 Å². The van der Waals surface area contributed by atoms with Crippen LogP contribution in [0.25, 0.3) is 10.2 Å². The highest BCUT2D eigenvalue weighted by atomic mass is 32.1. The molecule has 0 aliphatic rings. The van der Waals surface area contributed by atoms with Gasteiger partial charge in [-0.2, -0.15) is 0 Å². The highest BCUT2D eigenvalue weighted by molar-refractivity contribution is 7.18. The van der Waals surface area contributed by atoms with Crippen LogP contribution in [0.3, 0.4) is 0 Å². The van der Waals surface area contributed by atoms with Crippen molar-refractivity contribution in [1.82, 2.24) is 14.9 Å². The van der Waals surface area contributed by atoms with Crippen molar-refractivity contribution in [3.63, 3.8) is 0 Å². The maximum absolute atomic E-state index is 9.48. The molecule has 2 rings (SSSR count). The first-order valence-electron chi connectivity index (χ1n) is 6.72. The van der Waals surface area contributed by atoms with Gasteiger partial charge in [-0.25, -0.2) is 9.97 Å². The summed E-state index contributed by atoms with van der Waals surface area (Å²) in [5, 5.41) is 10.5. The van der Waals surface area contributed by atoms with Crippen LogP contribution in [0.15, 0.2) is 0 Å². The summed E-state index contributed by atoms with van der Waals surface area (Å²) in [5.41, 5.74) is 7.26. The Morgan fingerprint density at radius 1 is 1.30 bits per heavy atom. The van der Waals surface area contributed by atoms with Crippen LogP contribution in [0, 0.1) is 13.8 Å². The largest absolute Gasteiger partial charge is 0.392 e. The molecule has 0 bridgehead atoms. The number of fused-ring (bicyclic) bond motifs is 1. The number of nitrogens with zero attached hydrogens (tertiary/aromatic N) is 3. The van der Waals surface area contributed by atoms with Gasteiger partial charge in [0.05, 0.1) is 17.5 Å². The highest BCUT2D eigenvalue weighted by Crippen LogP contribution is 2.33. The lowest BCUT2D eigenvalue weighted by atomic mass is 10.2. The topological polar surface area (TPSA) is 75.3 Å². The van der Waals surface area contributed by atoms with E-state index in [9.17, 15) is 5.11 Å². The number of anilines is 1. The molecule has 20 heavy (non-hydrogen) atoms. The van der Waals surface area contributed by atoms with Gasteiger partial charge in [-0.3, -0.25) is 4.90 Å². The number of nitrogen functional groups attached to an aromatic ring is 1. The number of aromatic nitrogens is 2. The first-order valence-corrected chi connectivity index (χ1v) is 7.54. The van der Waals surface area contributed by atoms with Crippen LogP contribution in [0.4, 0.5) is 5.82 Å². The van der Waals surface area contributed by atoms with Crippen molar-refractivity contribution in [3.8, 4) is 0 Å². The van der Waals surface area contributed by atoms with Gasteiger partial charge < -0.3 is 10.8 Å². The number of hydrogen-bond acceptors (Lipinski definition) is 6. The highest BCUT2D eigenvalue weighted by Gasteiger charge is 2.19. The van der Waals surface area contributed by atoms with Gasteiger partial charge in [0.15, 0.2) is 0 Å². The molecule has 2 aromatic rings. The van der Waals surface area contributed by atoms with E-state index >= 15 is 0 Å². The minimum atomic E-state index is -0.380. The standard InChI is InChI=1S/C14H22N4OS/c1-7(19)6-18(5)9(3)13-16-12(15)11-8(2)10(4)20-14(11)17-13/h7,9,19H,6H2,1-5H3,(H2,15,16,17). The molecule has 0 fully saturated rings. The van der Waals surface area contributed by atoms with Crippen LogP contribution in [0.5, 0.6) is 0 Å². The molecule has 0 aliphatic carbocycles. The number of thiophene rings is 1. The Hall–Kier alpha value is -1.24. The van der Waals surface area contributed by atoms with Crippen LogP contribution in [-0.2, 0) is 0 Å². The van der Waals surface area contributed by atoms with Gasteiger partial charge in [0.2, 0.25) is 0 Å². The first-order chi connectivity index (χ1) is 9.31. The van der Waals surface area contributed by atoms with Gasteiger partial charge in [-0.1, -0.05) is 0 Å². The monoisotopic (exact) mass is 294 g/mol. The SMILES string of the molecule is Cc1sc2nc(C(C)N(C)CC(C)O)nc(N)c2c1C. The number of rotatable bonds is 4. The average Bonchev–Trinajstić information content (AvgIpc) is 2.63. The zero-order valence-electron chi connectivity index (χ0n) is 12.6. The third kappa shape index (κ3) is 2.77. The fraction of sp³-hybridized carbons (Fsp3) is 0.571. The smallest absolute Gasteiger partial charge is 0.149 e. The maximum atomic E-state index is 9.48. The zero-order chi connectivity index (χ0) is 15.0. The Balaban J connectivity index is 2.41.